The van der Waals surface area contributed by atoms with Gasteiger partial charge in [0.2, 0.25) is 0 Å². The summed E-state index contributed by atoms with van der Waals surface area (Å²) in [6.45, 7) is -0.162. The minimum Gasteiger partial charge on any atom is -0.394 e. The molecule has 0 aliphatic carbocycles. The molecule has 2 aromatic rings. The Hall–Kier alpha value is -2.60. The third kappa shape index (κ3) is 3.29. The van der Waals surface area contributed by atoms with E-state index in [1.807, 2.05) is 30.3 Å². The lowest BCUT2D eigenvalue weighted by atomic mass is 10.1. The molecule has 3 N–H and O–H groups in total. The van der Waals surface area contributed by atoms with Gasteiger partial charge in [-0.05, 0) is 17.7 Å². The minimum absolute atomic E-state index is 0.0330. The van der Waals surface area contributed by atoms with E-state index in [1.54, 1.807) is 25.2 Å². The van der Waals surface area contributed by atoms with Gasteiger partial charge in [0, 0.05) is 7.05 Å². The zero-order valence-corrected chi connectivity index (χ0v) is 11.6. The summed E-state index contributed by atoms with van der Waals surface area (Å²) in [5.41, 5.74) is 1.63. The number of hydrogen-bond acceptors (Lipinski definition) is 5. The molecule has 0 amide bonds. The van der Waals surface area contributed by atoms with Crippen LogP contribution in [0.1, 0.15) is 11.6 Å². The number of nitrogens with zero attached hydrogens (tertiary/aromatic N) is 1. The Balaban J connectivity index is 2.36. The van der Waals surface area contributed by atoms with Crippen LogP contribution in [-0.2, 0) is 0 Å². The average molecular weight is 287 g/mol. The van der Waals surface area contributed by atoms with Crippen molar-refractivity contribution in [3.05, 3.63) is 64.2 Å². The molecule has 0 fully saturated rings. The summed E-state index contributed by atoms with van der Waals surface area (Å²) < 4.78 is 0. The maximum atomic E-state index is 11.3. The van der Waals surface area contributed by atoms with Gasteiger partial charge >= 0.3 is 5.69 Å². The molecule has 110 valence electrons. The summed E-state index contributed by atoms with van der Waals surface area (Å²) in [7, 11) is 1.63. The summed E-state index contributed by atoms with van der Waals surface area (Å²) >= 11 is 0. The van der Waals surface area contributed by atoms with Gasteiger partial charge in [-0.15, -0.1) is 0 Å². The topological polar surface area (TPSA) is 87.4 Å². The van der Waals surface area contributed by atoms with Crippen LogP contribution in [0.5, 0.6) is 0 Å². The van der Waals surface area contributed by atoms with Gasteiger partial charge in [0.15, 0.2) is 0 Å². The lowest BCUT2D eigenvalue weighted by Gasteiger charge is -2.18. The quantitative estimate of drug-likeness (QED) is 0.561. The molecule has 0 bridgehead atoms. The van der Waals surface area contributed by atoms with Crippen LogP contribution in [0.15, 0.2) is 48.5 Å². The highest BCUT2D eigenvalue weighted by Gasteiger charge is 2.21. The Morgan fingerprint density at radius 3 is 2.38 bits per heavy atom. The molecular formula is C15H17N3O3. The van der Waals surface area contributed by atoms with Gasteiger partial charge in [0.1, 0.15) is 11.4 Å². The number of benzene rings is 2. The molecule has 1 unspecified atom stereocenters. The number of para-hydroxylation sites is 1. The second-order valence-corrected chi connectivity index (χ2v) is 4.50. The number of aliphatic hydroxyl groups excluding tert-OH is 1. The fourth-order valence-corrected chi connectivity index (χ4v) is 2.17. The van der Waals surface area contributed by atoms with E-state index >= 15 is 0 Å². The molecule has 2 aromatic carbocycles. The van der Waals surface area contributed by atoms with Crippen molar-refractivity contribution in [2.24, 2.45) is 0 Å². The fourth-order valence-electron chi connectivity index (χ4n) is 2.17. The van der Waals surface area contributed by atoms with Crippen LogP contribution in [0.25, 0.3) is 0 Å². The van der Waals surface area contributed by atoms with E-state index in [1.165, 1.54) is 0 Å². The van der Waals surface area contributed by atoms with Crippen molar-refractivity contribution < 1.29 is 10.0 Å². The first kappa shape index (κ1) is 14.8. The molecule has 1 atom stereocenters. The minimum atomic E-state index is -0.437. The lowest BCUT2D eigenvalue weighted by molar-refractivity contribution is -0.383. The van der Waals surface area contributed by atoms with Gasteiger partial charge in [-0.1, -0.05) is 36.4 Å². The van der Waals surface area contributed by atoms with Crippen molar-refractivity contribution in [1.29, 1.82) is 0 Å². The Kier molecular flexibility index (Phi) is 4.73. The number of nitro groups is 1. The summed E-state index contributed by atoms with van der Waals surface area (Å²) in [5, 5.41) is 26.7. The first-order chi connectivity index (χ1) is 10.2. The number of rotatable bonds is 6. The molecule has 21 heavy (non-hydrogen) atoms. The molecule has 0 aliphatic rings. The Labute approximate surface area is 122 Å². The zero-order valence-electron chi connectivity index (χ0n) is 11.6. The first-order valence-electron chi connectivity index (χ1n) is 6.55. The summed E-state index contributed by atoms with van der Waals surface area (Å²) in [6, 6.07) is 13.9. The van der Waals surface area contributed by atoms with Crippen molar-refractivity contribution >= 4 is 17.1 Å². The van der Waals surface area contributed by atoms with Crippen LogP contribution in [0.2, 0.25) is 0 Å². The van der Waals surface area contributed by atoms with E-state index < -0.39 is 11.0 Å². The lowest BCUT2D eigenvalue weighted by Crippen LogP contribution is -2.16. The third-order valence-electron chi connectivity index (χ3n) is 3.20. The van der Waals surface area contributed by atoms with Crippen LogP contribution in [0.3, 0.4) is 0 Å². The number of hydrogen-bond donors (Lipinski definition) is 3. The molecule has 0 saturated heterocycles. The smallest absolute Gasteiger partial charge is 0.315 e. The van der Waals surface area contributed by atoms with E-state index in [9.17, 15) is 15.2 Å². The van der Waals surface area contributed by atoms with E-state index in [4.69, 9.17) is 0 Å². The maximum absolute atomic E-state index is 11.3. The molecule has 0 saturated carbocycles. The Bertz CT molecular complexity index is 617. The normalized spacial score (nSPS) is 11.7. The highest BCUT2D eigenvalue weighted by atomic mass is 16.6. The number of aliphatic hydroxyl groups is 1. The van der Waals surface area contributed by atoms with Crippen molar-refractivity contribution in [3.8, 4) is 0 Å². The van der Waals surface area contributed by atoms with Crippen LogP contribution in [-0.4, -0.2) is 23.7 Å². The summed E-state index contributed by atoms with van der Waals surface area (Å²) in [4.78, 5) is 10.8. The predicted octanol–water partition coefficient (Wildman–Crippen LogP) is 2.78. The Morgan fingerprint density at radius 2 is 1.81 bits per heavy atom. The van der Waals surface area contributed by atoms with Gasteiger partial charge < -0.3 is 15.7 Å². The molecule has 0 radical (unpaired) electrons. The SMILES string of the molecule is CNc1cccc(NC(CO)c2ccccc2)c1[N+](=O)[O-]. The van der Waals surface area contributed by atoms with Gasteiger partial charge in [-0.2, -0.15) is 0 Å². The first-order valence-corrected chi connectivity index (χ1v) is 6.55. The highest BCUT2D eigenvalue weighted by Crippen LogP contribution is 2.34. The number of nitro benzene ring substituents is 1. The molecule has 2 rings (SSSR count). The van der Waals surface area contributed by atoms with Gasteiger partial charge in [-0.25, -0.2) is 0 Å². The van der Waals surface area contributed by atoms with Crippen molar-refractivity contribution in [2.45, 2.75) is 6.04 Å². The van der Waals surface area contributed by atoms with E-state index in [2.05, 4.69) is 10.6 Å². The van der Waals surface area contributed by atoms with E-state index in [0.29, 0.717) is 11.4 Å². The molecular weight excluding hydrogens is 270 g/mol. The number of anilines is 2. The number of nitrogens with one attached hydrogen (secondary N) is 2. The van der Waals surface area contributed by atoms with Crippen LogP contribution < -0.4 is 10.6 Å². The van der Waals surface area contributed by atoms with Crippen LogP contribution in [0.4, 0.5) is 17.1 Å². The highest BCUT2D eigenvalue weighted by molar-refractivity contribution is 5.76. The fraction of sp³-hybridized carbons (Fsp3) is 0.200. The van der Waals surface area contributed by atoms with E-state index in [-0.39, 0.29) is 12.3 Å². The molecule has 0 heterocycles. The maximum Gasteiger partial charge on any atom is 0.315 e. The van der Waals surface area contributed by atoms with Crippen LogP contribution >= 0.6 is 0 Å². The van der Waals surface area contributed by atoms with Gasteiger partial charge in [-0.3, -0.25) is 10.1 Å². The van der Waals surface area contributed by atoms with Gasteiger partial charge in [0.25, 0.3) is 0 Å². The van der Waals surface area contributed by atoms with E-state index in [0.717, 1.165) is 5.56 Å². The third-order valence-corrected chi connectivity index (χ3v) is 3.20. The molecule has 6 heteroatoms. The molecule has 0 aromatic heterocycles. The van der Waals surface area contributed by atoms with Crippen LogP contribution in [0, 0.1) is 10.1 Å². The monoisotopic (exact) mass is 287 g/mol. The Morgan fingerprint density at radius 1 is 1.14 bits per heavy atom. The van der Waals surface area contributed by atoms with Crippen molar-refractivity contribution in [3.63, 3.8) is 0 Å². The second kappa shape index (κ2) is 6.71. The molecule has 0 spiro atoms. The average Bonchev–Trinajstić information content (AvgIpc) is 2.52. The largest absolute Gasteiger partial charge is 0.394 e. The molecule has 0 aliphatic heterocycles. The summed E-state index contributed by atoms with van der Waals surface area (Å²) in [6.07, 6.45) is 0. The zero-order chi connectivity index (χ0) is 15.2. The predicted molar refractivity (Wildman–Crippen MR) is 82.5 cm³/mol. The second-order valence-electron chi connectivity index (χ2n) is 4.50. The molecule has 6 nitrogen and oxygen atoms in total. The standard InChI is InChI=1S/C15H17N3O3/c1-16-12-8-5-9-13(15(12)18(20)21)17-14(10-19)11-6-3-2-4-7-11/h2-9,14,16-17,19H,10H2,1H3. The van der Waals surface area contributed by atoms with Gasteiger partial charge in [0.05, 0.1) is 17.6 Å². The van der Waals surface area contributed by atoms with Crippen molar-refractivity contribution in [1.82, 2.24) is 0 Å². The summed E-state index contributed by atoms with van der Waals surface area (Å²) in [5.74, 6) is 0. The van der Waals surface area contributed by atoms with Crippen molar-refractivity contribution in [2.75, 3.05) is 24.3 Å².